The zero-order valence-electron chi connectivity index (χ0n) is 13.9. The third-order valence-electron chi connectivity index (χ3n) is 4.85. The molecule has 1 spiro atoms. The van der Waals surface area contributed by atoms with Gasteiger partial charge in [-0.2, -0.15) is 0 Å². The van der Waals surface area contributed by atoms with Crippen molar-refractivity contribution >= 4 is 29.9 Å². The summed E-state index contributed by atoms with van der Waals surface area (Å²) in [6.07, 6.45) is 2.50. The van der Waals surface area contributed by atoms with E-state index in [0.717, 1.165) is 45.1 Å². The SMILES string of the molecule is CN=C(NCCc1c(F)cccc1F)N1CCC2(CCOC2)C1.I. The van der Waals surface area contributed by atoms with Crippen LogP contribution in [-0.2, 0) is 11.2 Å². The van der Waals surface area contributed by atoms with Crippen molar-refractivity contribution in [1.82, 2.24) is 10.2 Å². The standard InChI is InChI=1S/C17H23F2N3O.HI/c1-20-16(22-9-6-17(11-22)7-10-23-12-17)21-8-5-13-14(18)3-2-4-15(13)19;/h2-4H,5-12H2,1H3,(H,20,21);1H. The van der Waals surface area contributed by atoms with Crippen LogP contribution in [0.25, 0.3) is 0 Å². The number of hydrogen-bond acceptors (Lipinski definition) is 2. The number of aliphatic imine (C=N–C) groups is 1. The lowest BCUT2D eigenvalue weighted by Crippen LogP contribution is -2.42. The Morgan fingerprint density at radius 3 is 2.71 bits per heavy atom. The van der Waals surface area contributed by atoms with Gasteiger partial charge in [0.15, 0.2) is 5.96 Å². The zero-order chi connectivity index (χ0) is 16.3. The Hall–Kier alpha value is -0.960. The van der Waals surface area contributed by atoms with Crippen molar-refractivity contribution in [2.24, 2.45) is 10.4 Å². The monoisotopic (exact) mass is 451 g/mol. The van der Waals surface area contributed by atoms with Gasteiger partial charge in [-0.1, -0.05) is 6.07 Å². The normalized spacial score (nSPS) is 23.6. The summed E-state index contributed by atoms with van der Waals surface area (Å²) in [6.45, 7) is 3.98. The van der Waals surface area contributed by atoms with Crippen molar-refractivity contribution in [2.45, 2.75) is 19.3 Å². The summed E-state index contributed by atoms with van der Waals surface area (Å²) in [4.78, 5) is 6.52. The third kappa shape index (κ3) is 4.17. The van der Waals surface area contributed by atoms with Gasteiger partial charge in [0.1, 0.15) is 11.6 Å². The highest BCUT2D eigenvalue weighted by Crippen LogP contribution is 2.38. The Balaban J connectivity index is 0.00000208. The van der Waals surface area contributed by atoms with Gasteiger partial charge in [0.25, 0.3) is 0 Å². The Kier molecular flexibility index (Phi) is 6.79. The van der Waals surface area contributed by atoms with E-state index in [-0.39, 0.29) is 35.0 Å². The van der Waals surface area contributed by atoms with E-state index in [2.05, 4.69) is 15.2 Å². The number of nitrogens with zero attached hydrogens (tertiary/aromatic N) is 2. The molecule has 1 atom stereocenters. The van der Waals surface area contributed by atoms with Crippen LogP contribution in [0.15, 0.2) is 23.2 Å². The molecule has 3 rings (SSSR count). The molecule has 0 saturated carbocycles. The Bertz CT molecular complexity index is 571. The first kappa shape index (κ1) is 19.4. The van der Waals surface area contributed by atoms with Crippen LogP contribution in [0.4, 0.5) is 8.78 Å². The Morgan fingerprint density at radius 1 is 1.33 bits per heavy atom. The first-order chi connectivity index (χ1) is 11.1. The molecule has 2 heterocycles. The van der Waals surface area contributed by atoms with E-state index in [1.165, 1.54) is 18.2 Å². The number of likely N-dealkylation sites (tertiary alicyclic amines) is 1. The van der Waals surface area contributed by atoms with Crippen molar-refractivity contribution < 1.29 is 13.5 Å². The molecule has 2 fully saturated rings. The molecule has 134 valence electrons. The second-order valence-corrected chi connectivity index (χ2v) is 6.40. The lowest BCUT2D eigenvalue weighted by atomic mass is 9.87. The molecule has 1 unspecified atom stereocenters. The van der Waals surface area contributed by atoms with Gasteiger partial charge >= 0.3 is 0 Å². The summed E-state index contributed by atoms with van der Waals surface area (Å²) < 4.78 is 32.8. The number of hydrogen-bond donors (Lipinski definition) is 1. The highest BCUT2D eigenvalue weighted by atomic mass is 127. The second kappa shape index (κ2) is 8.42. The van der Waals surface area contributed by atoms with Crippen LogP contribution in [0.3, 0.4) is 0 Å². The lowest BCUT2D eigenvalue weighted by Gasteiger charge is -2.25. The molecule has 4 nitrogen and oxygen atoms in total. The molecule has 0 aromatic heterocycles. The first-order valence-corrected chi connectivity index (χ1v) is 8.10. The average Bonchev–Trinajstić information content (AvgIpc) is 3.17. The molecule has 7 heteroatoms. The molecule has 2 aliphatic rings. The molecule has 2 aliphatic heterocycles. The van der Waals surface area contributed by atoms with Crippen molar-refractivity contribution in [2.75, 3.05) is 39.9 Å². The molecule has 24 heavy (non-hydrogen) atoms. The largest absolute Gasteiger partial charge is 0.381 e. The molecule has 1 aromatic rings. The van der Waals surface area contributed by atoms with E-state index in [9.17, 15) is 8.78 Å². The maximum atomic E-state index is 13.6. The molecular weight excluding hydrogens is 427 g/mol. The average molecular weight is 451 g/mol. The van der Waals surface area contributed by atoms with E-state index in [1.54, 1.807) is 7.05 Å². The Labute approximate surface area is 158 Å². The van der Waals surface area contributed by atoms with Crippen LogP contribution in [0.1, 0.15) is 18.4 Å². The number of rotatable bonds is 3. The van der Waals surface area contributed by atoms with Crippen molar-refractivity contribution in [3.63, 3.8) is 0 Å². The van der Waals surface area contributed by atoms with E-state index in [0.29, 0.717) is 13.0 Å². The van der Waals surface area contributed by atoms with Crippen LogP contribution < -0.4 is 5.32 Å². The molecule has 0 bridgehead atoms. The third-order valence-corrected chi connectivity index (χ3v) is 4.85. The number of guanidine groups is 1. The summed E-state index contributed by atoms with van der Waals surface area (Å²) in [5.74, 6) is -0.194. The van der Waals surface area contributed by atoms with Gasteiger partial charge in [-0.15, -0.1) is 24.0 Å². The Morgan fingerprint density at radius 2 is 2.08 bits per heavy atom. The van der Waals surface area contributed by atoms with E-state index in [4.69, 9.17) is 4.74 Å². The summed E-state index contributed by atoms with van der Waals surface area (Å²) in [6, 6.07) is 3.96. The van der Waals surface area contributed by atoms with Crippen molar-refractivity contribution in [3.8, 4) is 0 Å². The predicted molar refractivity (Wildman–Crippen MR) is 101 cm³/mol. The fraction of sp³-hybridized carbons (Fsp3) is 0.588. The number of nitrogens with one attached hydrogen (secondary N) is 1. The lowest BCUT2D eigenvalue weighted by molar-refractivity contribution is 0.156. The number of halogens is 3. The summed E-state index contributed by atoms with van der Waals surface area (Å²) in [5.41, 5.74) is 0.382. The van der Waals surface area contributed by atoms with Crippen LogP contribution >= 0.6 is 24.0 Å². The van der Waals surface area contributed by atoms with Gasteiger partial charge in [0, 0.05) is 44.3 Å². The van der Waals surface area contributed by atoms with Gasteiger partial charge < -0.3 is 15.0 Å². The highest BCUT2D eigenvalue weighted by Gasteiger charge is 2.42. The molecule has 1 N–H and O–H groups in total. The van der Waals surface area contributed by atoms with Crippen molar-refractivity contribution in [3.05, 3.63) is 35.4 Å². The molecular formula is C17H24F2IN3O. The minimum atomic E-state index is -0.495. The van der Waals surface area contributed by atoms with E-state index >= 15 is 0 Å². The first-order valence-electron chi connectivity index (χ1n) is 8.10. The minimum absolute atomic E-state index is 0. The topological polar surface area (TPSA) is 36.9 Å². The summed E-state index contributed by atoms with van der Waals surface area (Å²) in [7, 11) is 1.74. The maximum absolute atomic E-state index is 13.6. The molecule has 2 saturated heterocycles. The van der Waals surface area contributed by atoms with Crippen LogP contribution in [0, 0.1) is 17.0 Å². The second-order valence-electron chi connectivity index (χ2n) is 6.40. The van der Waals surface area contributed by atoms with Crippen LogP contribution in [-0.4, -0.2) is 50.8 Å². The summed E-state index contributed by atoms with van der Waals surface area (Å²) >= 11 is 0. The van der Waals surface area contributed by atoms with Gasteiger partial charge in [-0.05, 0) is 31.4 Å². The zero-order valence-corrected chi connectivity index (χ0v) is 16.2. The minimum Gasteiger partial charge on any atom is -0.381 e. The van der Waals surface area contributed by atoms with E-state index in [1.807, 2.05) is 0 Å². The number of ether oxygens (including phenoxy) is 1. The predicted octanol–water partition coefficient (Wildman–Crippen LogP) is 2.81. The molecule has 0 radical (unpaired) electrons. The smallest absolute Gasteiger partial charge is 0.193 e. The van der Waals surface area contributed by atoms with Crippen LogP contribution in [0.5, 0.6) is 0 Å². The fourth-order valence-corrected chi connectivity index (χ4v) is 3.49. The summed E-state index contributed by atoms with van der Waals surface area (Å²) in [5, 5.41) is 3.22. The van der Waals surface area contributed by atoms with Gasteiger partial charge in [0.2, 0.25) is 0 Å². The highest BCUT2D eigenvalue weighted by molar-refractivity contribution is 14.0. The quantitative estimate of drug-likeness (QED) is 0.437. The van der Waals surface area contributed by atoms with Gasteiger partial charge in [-0.25, -0.2) is 8.78 Å². The molecule has 0 aliphatic carbocycles. The number of benzene rings is 1. The van der Waals surface area contributed by atoms with Gasteiger partial charge in [-0.3, -0.25) is 4.99 Å². The maximum Gasteiger partial charge on any atom is 0.193 e. The van der Waals surface area contributed by atoms with Gasteiger partial charge in [0.05, 0.1) is 6.61 Å². The van der Waals surface area contributed by atoms with Crippen LogP contribution in [0.2, 0.25) is 0 Å². The van der Waals surface area contributed by atoms with Crippen molar-refractivity contribution in [1.29, 1.82) is 0 Å². The molecule has 1 aromatic carbocycles. The molecule has 0 amide bonds. The fourth-order valence-electron chi connectivity index (χ4n) is 3.49. The van der Waals surface area contributed by atoms with E-state index < -0.39 is 11.6 Å².